The number of carbonyl (C=O) groups excluding carboxylic acids is 2. The number of aliphatic carboxylic acids is 1. The fourth-order valence-electron chi connectivity index (χ4n) is 6.05. The van der Waals surface area contributed by atoms with Crippen LogP contribution in [0.2, 0.25) is 0 Å². The van der Waals surface area contributed by atoms with Crippen LogP contribution in [0.1, 0.15) is 36.2 Å². The molecular weight excluding hydrogens is 553 g/mol. The number of nitrogens with one attached hydrogen (secondary N) is 1. The Labute approximate surface area is 239 Å². The summed E-state index contributed by atoms with van der Waals surface area (Å²) < 4.78 is 14.6. The Balaban J connectivity index is 1.40. The maximum atomic E-state index is 14.6. The van der Waals surface area contributed by atoms with E-state index in [4.69, 9.17) is 0 Å². The van der Waals surface area contributed by atoms with E-state index < -0.39 is 53.7 Å². The third-order valence-electron chi connectivity index (χ3n) is 7.98. The Kier molecular flexibility index (Phi) is 7.91. The normalized spacial score (nSPS) is 26.5. The lowest BCUT2D eigenvalue weighted by Gasteiger charge is -2.46. The second kappa shape index (κ2) is 11.3. The standard InChI is InChI=1S/C29H30FN3O7S/c1-14-23-22(15(2)34)27(36)33(23)24(29(39)40)25(14)41-19-11-21(32(13-19)12-17-6-3-4-9-20(17)30)26(35)31-18-8-5-7-16(10-18)28(37)38/h3-10,14-15,19,21-23,34H,11-13H2,1-2H3,(H,31,35)(H,37,38)(H,39,40)/t14-,15-,19+,21+,22-,23-/m1/s1. The summed E-state index contributed by atoms with van der Waals surface area (Å²) in [5.41, 5.74) is 0.638. The molecule has 6 atom stereocenters. The zero-order valence-electron chi connectivity index (χ0n) is 22.4. The van der Waals surface area contributed by atoms with Gasteiger partial charge in [-0.15, -0.1) is 11.8 Å². The first-order chi connectivity index (χ1) is 19.5. The van der Waals surface area contributed by atoms with Crippen molar-refractivity contribution in [3.05, 3.63) is 76.1 Å². The Hall–Kier alpha value is -3.74. The van der Waals surface area contributed by atoms with E-state index in [-0.39, 0.29) is 29.0 Å². The minimum Gasteiger partial charge on any atom is -0.478 e. The van der Waals surface area contributed by atoms with Gasteiger partial charge in [0.2, 0.25) is 11.8 Å². The van der Waals surface area contributed by atoms with Crippen LogP contribution in [-0.4, -0.2) is 78.9 Å². The number of aliphatic hydroxyl groups is 1. The molecule has 2 amide bonds. The highest BCUT2D eigenvalue weighted by Crippen LogP contribution is 2.52. The molecule has 0 unspecified atom stereocenters. The van der Waals surface area contributed by atoms with Gasteiger partial charge in [-0.2, -0.15) is 0 Å². The first-order valence-electron chi connectivity index (χ1n) is 13.2. The minimum atomic E-state index is -1.23. The van der Waals surface area contributed by atoms with Gasteiger partial charge in [-0.05, 0) is 37.6 Å². The molecular formula is C29H30FN3O7S. The summed E-state index contributed by atoms with van der Waals surface area (Å²) in [5.74, 6) is -4.59. The van der Waals surface area contributed by atoms with E-state index in [2.05, 4.69) is 5.32 Å². The molecule has 10 nitrogen and oxygen atoms in total. The monoisotopic (exact) mass is 583 g/mol. The highest BCUT2D eigenvalue weighted by atomic mass is 32.2. The molecule has 2 saturated heterocycles. The maximum Gasteiger partial charge on any atom is 0.353 e. The van der Waals surface area contributed by atoms with Crippen LogP contribution in [0.3, 0.4) is 0 Å². The molecule has 2 aromatic rings. The molecule has 2 aromatic carbocycles. The van der Waals surface area contributed by atoms with Crippen LogP contribution >= 0.6 is 11.8 Å². The molecule has 0 saturated carbocycles. The molecule has 2 fully saturated rings. The molecule has 5 rings (SSSR count). The molecule has 3 heterocycles. The summed E-state index contributed by atoms with van der Waals surface area (Å²) in [6.45, 7) is 3.83. The fraction of sp³-hybridized carbons (Fsp3) is 0.379. The van der Waals surface area contributed by atoms with Gasteiger partial charge in [0.25, 0.3) is 0 Å². The Bertz CT molecular complexity index is 1450. The summed E-state index contributed by atoms with van der Waals surface area (Å²) in [4.78, 5) is 53.4. The molecule has 12 heteroatoms. The second-order valence-electron chi connectivity index (χ2n) is 10.7. The lowest BCUT2D eigenvalue weighted by molar-refractivity contribution is -0.163. The summed E-state index contributed by atoms with van der Waals surface area (Å²) >= 11 is 1.31. The quantitative estimate of drug-likeness (QED) is 0.327. The molecule has 3 aliphatic heterocycles. The summed E-state index contributed by atoms with van der Waals surface area (Å²) in [6.07, 6.45) is -0.605. The summed E-state index contributed by atoms with van der Waals surface area (Å²) in [6, 6.07) is 11.0. The summed E-state index contributed by atoms with van der Waals surface area (Å²) in [7, 11) is 0. The number of hydrogen-bond acceptors (Lipinski definition) is 7. The number of benzene rings is 2. The SMILES string of the molecule is C[C@@H](O)[C@H]1C(=O)N2C(C(=O)O)=C(S[C@H]3C[C@@H](C(=O)Nc4cccc(C(=O)O)c4)N(Cc4ccccc4F)C3)[C@H](C)[C@H]12. The minimum absolute atomic E-state index is 0.0175. The Morgan fingerprint density at radius 3 is 2.51 bits per heavy atom. The van der Waals surface area contributed by atoms with Gasteiger partial charge in [0.05, 0.1) is 29.7 Å². The molecule has 0 bridgehead atoms. The Morgan fingerprint density at radius 2 is 1.85 bits per heavy atom. The van der Waals surface area contributed by atoms with E-state index in [1.807, 2.05) is 11.8 Å². The van der Waals surface area contributed by atoms with Crippen LogP contribution in [0, 0.1) is 17.7 Å². The van der Waals surface area contributed by atoms with E-state index >= 15 is 0 Å². The molecule has 0 radical (unpaired) electrons. The number of carbonyl (C=O) groups is 4. The average molecular weight is 584 g/mol. The number of amides is 2. The Morgan fingerprint density at radius 1 is 1.12 bits per heavy atom. The lowest BCUT2D eigenvalue weighted by atomic mass is 9.79. The maximum absolute atomic E-state index is 14.6. The van der Waals surface area contributed by atoms with Crippen LogP contribution in [0.4, 0.5) is 10.1 Å². The topological polar surface area (TPSA) is 147 Å². The molecule has 41 heavy (non-hydrogen) atoms. The lowest BCUT2D eigenvalue weighted by Crippen LogP contribution is -2.63. The van der Waals surface area contributed by atoms with Crippen LogP contribution in [-0.2, 0) is 20.9 Å². The van der Waals surface area contributed by atoms with E-state index in [9.17, 15) is 38.9 Å². The highest BCUT2D eigenvalue weighted by molar-refractivity contribution is 8.03. The predicted molar refractivity (Wildman–Crippen MR) is 148 cm³/mol. The van der Waals surface area contributed by atoms with Crippen LogP contribution in [0.15, 0.2) is 59.1 Å². The van der Waals surface area contributed by atoms with Crippen molar-refractivity contribution in [2.24, 2.45) is 11.8 Å². The third kappa shape index (κ3) is 5.34. The number of carboxylic acid groups (broad SMARTS) is 2. The number of β-lactam (4-membered cyclic amide) rings is 1. The number of hydrogen-bond donors (Lipinski definition) is 4. The van der Waals surface area contributed by atoms with Crippen molar-refractivity contribution in [2.75, 3.05) is 11.9 Å². The van der Waals surface area contributed by atoms with Gasteiger partial charge in [-0.3, -0.25) is 14.5 Å². The number of fused-ring (bicyclic) bond motifs is 1. The molecule has 0 spiro atoms. The first-order valence-corrected chi connectivity index (χ1v) is 14.1. The number of anilines is 1. The number of aromatic carboxylic acids is 1. The van der Waals surface area contributed by atoms with Crippen LogP contribution < -0.4 is 5.32 Å². The number of aliphatic hydroxyl groups excluding tert-OH is 1. The fourth-order valence-corrected chi connectivity index (χ4v) is 7.61. The largest absolute Gasteiger partial charge is 0.478 e. The van der Waals surface area contributed by atoms with E-state index in [1.165, 1.54) is 47.9 Å². The number of rotatable bonds is 9. The smallest absolute Gasteiger partial charge is 0.353 e. The molecule has 3 aliphatic rings. The van der Waals surface area contributed by atoms with Gasteiger partial charge in [0, 0.05) is 40.4 Å². The number of carboxylic acids is 2. The van der Waals surface area contributed by atoms with Crippen molar-refractivity contribution in [1.29, 1.82) is 0 Å². The van der Waals surface area contributed by atoms with Crippen molar-refractivity contribution in [3.63, 3.8) is 0 Å². The van der Waals surface area contributed by atoms with Gasteiger partial charge < -0.3 is 25.5 Å². The number of thioether (sulfide) groups is 1. The van der Waals surface area contributed by atoms with Crippen LogP contribution in [0.25, 0.3) is 0 Å². The van der Waals surface area contributed by atoms with Crippen molar-refractivity contribution >= 4 is 41.2 Å². The summed E-state index contributed by atoms with van der Waals surface area (Å²) in [5, 5.41) is 31.9. The molecule has 4 N–H and O–H groups in total. The van der Waals surface area contributed by atoms with E-state index in [0.717, 1.165) is 0 Å². The van der Waals surface area contributed by atoms with E-state index in [1.54, 1.807) is 24.3 Å². The van der Waals surface area contributed by atoms with Gasteiger partial charge >= 0.3 is 11.9 Å². The molecule has 0 aromatic heterocycles. The second-order valence-corrected chi connectivity index (χ2v) is 12.0. The predicted octanol–water partition coefficient (Wildman–Crippen LogP) is 2.99. The average Bonchev–Trinajstić information content (AvgIpc) is 3.42. The number of halogens is 1. The van der Waals surface area contributed by atoms with Gasteiger partial charge in [-0.1, -0.05) is 31.2 Å². The first kappa shape index (κ1) is 28.8. The van der Waals surface area contributed by atoms with Gasteiger partial charge in [0.1, 0.15) is 11.5 Å². The number of nitrogens with zero attached hydrogens (tertiary/aromatic N) is 2. The van der Waals surface area contributed by atoms with E-state index in [0.29, 0.717) is 29.1 Å². The van der Waals surface area contributed by atoms with Gasteiger partial charge in [0.15, 0.2) is 0 Å². The van der Waals surface area contributed by atoms with Crippen molar-refractivity contribution < 1.29 is 38.9 Å². The van der Waals surface area contributed by atoms with Crippen molar-refractivity contribution in [1.82, 2.24) is 9.80 Å². The van der Waals surface area contributed by atoms with Crippen molar-refractivity contribution in [2.45, 2.75) is 50.3 Å². The zero-order valence-corrected chi connectivity index (χ0v) is 23.2. The number of likely N-dealkylation sites (tertiary alicyclic amines) is 1. The highest BCUT2D eigenvalue weighted by Gasteiger charge is 2.60. The van der Waals surface area contributed by atoms with Gasteiger partial charge in [-0.25, -0.2) is 14.0 Å². The van der Waals surface area contributed by atoms with Crippen molar-refractivity contribution in [3.8, 4) is 0 Å². The third-order valence-corrected chi connectivity index (χ3v) is 9.47. The van der Waals surface area contributed by atoms with Crippen LogP contribution in [0.5, 0.6) is 0 Å². The molecule has 216 valence electrons. The molecule has 0 aliphatic carbocycles. The zero-order chi connectivity index (χ0) is 29.6.